The van der Waals surface area contributed by atoms with Crippen molar-refractivity contribution in [2.45, 2.75) is 26.7 Å². The first kappa shape index (κ1) is 18.2. The molecule has 2 rings (SSSR count). The van der Waals surface area contributed by atoms with Crippen LogP contribution >= 0.6 is 0 Å². The van der Waals surface area contributed by atoms with Gasteiger partial charge in [-0.05, 0) is 47.9 Å². The predicted octanol–water partition coefficient (Wildman–Crippen LogP) is 3.67. The van der Waals surface area contributed by atoms with Gasteiger partial charge in [0.1, 0.15) is 6.54 Å². The normalized spacial score (nSPS) is 10.2. The van der Waals surface area contributed by atoms with Gasteiger partial charge in [0.15, 0.2) is 0 Å². The molecule has 0 unspecified atom stereocenters. The van der Waals surface area contributed by atoms with Gasteiger partial charge < -0.3 is 10.2 Å². The average Bonchev–Trinajstić information content (AvgIpc) is 2.60. The molecular weight excluding hydrogens is 314 g/mol. The smallest absolute Gasteiger partial charge is 0.244 e. The third-order valence-corrected chi connectivity index (χ3v) is 3.85. The molecule has 5 nitrogen and oxygen atoms in total. The number of anilines is 2. The van der Waals surface area contributed by atoms with E-state index in [0.29, 0.717) is 22.9 Å². The molecule has 0 heterocycles. The minimum atomic E-state index is -0.281. The molecule has 5 heteroatoms. The summed E-state index contributed by atoms with van der Waals surface area (Å²) in [5, 5.41) is 11.6. The number of hydrogen-bond acceptors (Lipinski definition) is 3. The van der Waals surface area contributed by atoms with E-state index in [-0.39, 0.29) is 18.4 Å². The standard InChI is InChI=1S/C20H21N3O2/c1-14(2)17-6-8-18(9-7-17)22-20(25)13-23(15(3)24)19-10-4-16(12-21)5-11-19/h4-11,14H,13H2,1-3H3,(H,22,25). The number of amides is 2. The Morgan fingerprint density at radius 3 is 2.16 bits per heavy atom. The van der Waals surface area contributed by atoms with Crippen LogP contribution in [0, 0.1) is 11.3 Å². The molecule has 0 aliphatic heterocycles. The summed E-state index contributed by atoms with van der Waals surface area (Å²) >= 11 is 0. The fourth-order valence-electron chi connectivity index (χ4n) is 2.40. The van der Waals surface area contributed by atoms with Crippen LogP contribution in [0.15, 0.2) is 48.5 Å². The minimum absolute atomic E-state index is 0.0901. The number of hydrogen-bond donors (Lipinski definition) is 1. The van der Waals surface area contributed by atoms with Crippen molar-refractivity contribution in [3.63, 3.8) is 0 Å². The number of nitriles is 1. The fourth-order valence-corrected chi connectivity index (χ4v) is 2.40. The summed E-state index contributed by atoms with van der Waals surface area (Å²) in [6.45, 7) is 5.53. The third kappa shape index (κ3) is 4.92. The van der Waals surface area contributed by atoms with Gasteiger partial charge in [-0.2, -0.15) is 5.26 Å². The van der Waals surface area contributed by atoms with Crippen molar-refractivity contribution in [1.29, 1.82) is 5.26 Å². The minimum Gasteiger partial charge on any atom is -0.325 e. The van der Waals surface area contributed by atoms with Crippen LogP contribution in [-0.2, 0) is 9.59 Å². The zero-order chi connectivity index (χ0) is 18.4. The SMILES string of the molecule is CC(=O)N(CC(=O)Nc1ccc(C(C)C)cc1)c1ccc(C#N)cc1. The van der Waals surface area contributed by atoms with Crippen LogP contribution in [-0.4, -0.2) is 18.4 Å². The lowest BCUT2D eigenvalue weighted by molar-refractivity contribution is -0.120. The van der Waals surface area contributed by atoms with Crippen LogP contribution in [0.25, 0.3) is 0 Å². The maximum atomic E-state index is 12.3. The summed E-state index contributed by atoms with van der Waals surface area (Å²) in [7, 11) is 0. The lowest BCUT2D eigenvalue weighted by atomic mass is 10.0. The molecule has 0 radical (unpaired) electrons. The van der Waals surface area contributed by atoms with E-state index < -0.39 is 0 Å². The van der Waals surface area contributed by atoms with Crippen molar-refractivity contribution in [3.05, 3.63) is 59.7 Å². The maximum Gasteiger partial charge on any atom is 0.244 e. The summed E-state index contributed by atoms with van der Waals surface area (Å²) in [4.78, 5) is 25.5. The first-order valence-corrected chi connectivity index (χ1v) is 8.08. The molecule has 0 atom stereocenters. The Bertz CT molecular complexity index is 787. The first-order valence-electron chi connectivity index (χ1n) is 8.08. The average molecular weight is 335 g/mol. The van der Waals surface area contributed by atoms with Gasteiger partial charge in [0.05, 0.1) is 11.6 Å². The summed E-state index contributed by atoms with van der Waals surface area (Å²) in [6, 6.07) is 16.2. The largest absolute Gasteiger partial charge is 0.325 e. The Hall–Kier alpha value is -3.13. The highest BCUT2D eigenvalue weighted by atomic mass is 16.2. The van der Waals surface area contributed by atoms with E-state index in [1.54, 1.807) is 24.3 Å². The Balaban J connectivity index is 2.07. The van der Waals surface area contributed by atoms with Gasteiger partial charge >= 0.3 is 0 Å². The second-order valence-corrected chi connectivity index (χ2v) is 6.09. The maximum absolute atomic E-state index is 12.3. The van der Waals surface area contributed by atoms with Crippen molar-refractivity contribution in [3.8, 4) is 6.07 Å². The van der Waals surface area contributed by atoms with E-state index in [2.05, 4.69) is 19.2 Å². The Labute approximate surface area is 147 Å². The molecule has 2 aromatic carbocycles. The first-order chi connectivity index (χ1) is 11.9. The summed E-state index contributed by atoms with van der Waals surface area (Å²) in [5.41, 5.74) is 2.97. The van der Waals surface area contributed by atoms with E-state index in [9.17, 15) is 9.59 Å². The molecule has 0 saturated carbocycles. The molecule has 2 amide bonds. The van der Waals surface area contributed by atoms with Gasteiger partial charge in [-0.1, -0.05) is 26.0 Å². The van der Waals surface area contributed by atoms with Crippen molar-refractivity contribution < 1.29 is 9.59 Å². The Morgan fingerprint density at radius 2 is 1.68 bits per heavy atom. The van der Waals surface area contributed by atoms with E-state index in [1.807, 2.05) is 30.3 Å². The number of carbonyl (C=O) groups is 2. The van der Waals surface area contributed by atoms with Gasteiger partial charge in [0.25, 0.3) is 0 Å². The second kappa shape index (κ2) is 8.11. The monoisotopic (exact) mass is 335 g/mol. The van der Waals surface area contributed by atoms with Crippen LogP contribution < -0.4 is 10.2 Å². The third-order valence-electron chi connectivity index (χ3n) is 3.85. The highest BCUT2D eigenvalue weighted by Crippen LogP contribution is 2.18. The number of rotatable bonds is 5. The zero-order valence-electron chi connectivity index (χ0n) is 14.6. The molecule has 1 N–H and O–H groups in total. The van der Waals surface area contributed by atoms with Gasteiger partial charge in [-0.15, -0.1) is 0 Å². The van der Waals surface area contributed by atoms with Gasteiger partial charge in [-0.3, -0.25) is 9.59 Å². The van der Waals surface area contributed by atoms with E-state index >= 15 is 0 Å². The van der Waals surface area contributed by atoms with Crippen molar-refractivity contribution in [2.24, 2.45) is 0 Å². The highest BCUT2D eigenvalue weighted by Gasteiger charge is 2.16. The zero-order valence-corrected chi connectivity index (χ0v) is 14.6. The quantitative estimate of drug-likeness (QED) is 0.906. The predicted molar refractivity (Wildman–Crippen MR) is 98.3 cm³/mol. The van der Waals surface area contributed by atoms with Crippen LogP contribution in [0.3, 0.4) is 0 Å². The second-order valence-electron chi connectivity index (χ2n) is 6.09. The molecule has 0 saturated heterocycles. The molecule has 0 fully saturated rings. The van der Waals surface area contributed by atoms with Crippen LogP contribution in [0.5, 0.6) is 0 Å². The van der Waals surface area contributed by atoms with Crippen LogP contribution in [0.1, 0.15) is 37.8 Å². The molecule has 0 spiro atoms. The van der Waals surface area contributed by atoms with E-state index in [4.69, 9.17) is 5.26 Å². The molecule has 0 aromatic heterocycles. The molecule has 2 aromatic rings. The number of carbonyl (C=O) groups excluding carboxylic acids is 2. The Kier molecular flexibility index (Phi) is 5.91. The number of nitrogens with zero attached hydrogens (tertiary/aromatic N) is 2. The van der Waals surface area contributed by atoms with E-state index in [1.165, 1.54) is 17.4 Å². The van der Waals surface area contributed by atoms with E-state index in [0.717, 1.165) is 0 Å². The molecule has 0 aliphatic rings. The molecule has 128 valence electrons. The Morgan fingerprint density at radius 1 is 1.08 bits per heavy atom. The summed E-state index contributed by atoms with van der Waals surface area (Å²) in [6.07, 6.45) is 0. The summed E-state index contributed by atoms with van der Waals surface area (Å²) in [5.74, 6) is -0.0961. The van der Waals surface area contributed by atoms with Gasteiger partial charge in [0.2, 0.25) is 11.8 Å². The topological polar surface area (TPSA) is 73.2 Å². The molecular formula is C20H21N3O2. The van der Waals surface area contributed by atoms with Crippen molar-refractivity contribution >= 4 is 23.2 Å². The molecule has 25 heavy (non-hydrogen) atoms. The lowest BCUT2D eigenvalue weighted by Gasteiger charge is -2.20. The van der Waals surface area contributed by atoms with Crippen molar-refractivity contribution in [2.75, 3.05) is 16.8 Å². The molecule has 0 aliphatic carbocycles. The highest BCUT2D eigenvalue weighted by molar-refractivity contribution is 6.01. The number of benzene rings is 2. The van der Waals surface area contributed by atoms with Crippen molar-refractivity contribution in [1.82, 2.24) is 0 Å². The van der Waals surface area contributed by atoms with Gasteiger partial charge in [-0.25, -0.2) is 0 Å². The van der Waals surface area contributed by atoms with Crippen LogP contribution in [0.2, 0.25) is 0 Å². The number of nitrogens with one attached hydrogen (secondary N) is 1. The van der Waals surface area contributed by atoms with Crippen LogP contribution in [0.4, 0.5) is 11.4 Å². The summed E-state index contributed by atoms with van der Waals surface area (Å²) < 4.78 is 0. The van der Waals surface area contributed by atoms with Gasteiger partial charge in [0, 0.05) is 18.3 Å². The lowest BCUT2D eigenvalue weighted by Crippen LogP contribution is -2.36. The molecule has 0 bridgehead atoms. The fraction of sp³-hybridized carbons (Fsp3) is 0.250.